The number of ether oxygens (including phenoxy) is 1. The van der Waals surface area contributed by atoms with Crippen LogP contribution in [0.5, 0.6) is 5.75 Å². The van der Waals surface area contributed by atoms with E-state index in [-0.39, 0.29) is 16.4 Å². The van der Waals surface area contributed by atoms with E-state index in [1.807, 2.05) is 53.4 Å². The van der Waals surface area contributed by atoms with Gasteiger partial charge in [0.1, 0.15) is 5.75 Å². The first-order valence-electron chi connectivity index (χ1n) is 11.6. The predicted octanol–water partition coefficient (Wildman–Crippen LogP) is 5.27. The normalized spacial score (nSPS) is 19.0. The van der Waals surface area contributed by atoms with Crippen LogP contribution in [0.2, 0.25) is 5.02 Å². The van der Waals surface area contributed by atoms with E-state index in [0.717, 1.165) is 62.3 Å². The molecule has 2 aromatic rings. The van der Waals surface area contributed by atoms with Crippen LogP contribution in [0.25, 0.3) is 0 Å². The SMILES string of the molecule is CCCC(I)C(=O)C1(c2ccc(Cl)cc2)CCN(CCN2C(=O)COc3ccccc32)CC1. The summed E-state index contributed by atoms with van der Waals surface area (Å²) in [5, 5.41) is 0.689. The number of Topliss-reactive ketones (excluding diaryl/α,β-unsaturated/α-hetero) is 1. The number of ketones is 1. The lowest BCUT2D eigenvalue weighted by atomic mass is 9.68. The molecule has 0 aromatic heterocycles. The number of hydrogen-bond donors (Lipinski definition) is 0. The maximum Gasteiger partial charge on any atom is 0.265 e. The minimum absolute atomic E-state index is 0.0104. The van der Waals surface area contributed by atoms with E-state index >= 15 is 0 Å². The van der Waals surface area contributed by atoms with Gasteiger partial charge in [0.15, 0.2) is 12.4 Å². The molecular formula is C26H30ClIN2O3. The highest BCUT2D eigenvalue weighted by Crippen LogP contribution is 2.40. The van der Waals surface area contributed by atoms with E-state index in [0.29, 0.717) is 17.4 Å². The van der Waals surface area contributed by atoms with Gasteiger partial charge < -0.3 is 14.5 Å². The Morgan fingerprint density at radius 1 is 1.12 bits per heavy atom. The summed E-state index contributed by atoms with van der Waals surface area (Å²) >= 11 is 8.46. The zero-order chi connectivity index (χ0) is 23.4. The van der Waals surface area contributed by atoms with Gasteiger partial charge in [-0.1, -0.05) is 71.8 Å². The van der Waals surface area contributed by atoms with E-state index in [2.05, 4.69) is 34.4 Å². The Morgan fingerprint density at radius 2 is 1.82 bits per heavy atom. The molecule has 176 valence electrons. The number of halogens is 2. The molecule has 0 radical (unpaired) electrons. The number of carbonyl (C=O) groups is 2. The van der Waals surface area contributed by atoms with Gasteiger partial charge in [0.25, 0.3) is 5.91 Å². The Morgan fingerprint density at radius 3 is 2.52 bits per heavy atom. The number of nitrogens with zero attached hydrogens (tertiary/aromatic N) is 2. The fraction of sp³-hybridized carbons (Fsp3) is 0.462. The second kappa shape index (κ2) is 10.7. The third-order valence-corrected chi connectivity index (χ3v) is 8.29. The quantitative estimate of drug-likeness (QED) is 0.315. The fourth-order valence-electron chi connectivity index (χ4n) is 4.93. The maximum atomic E-state index is 13.7. The summed E-state index contributed by atoms with van der Waals surface area (Å²) < 4.78 is 5.57. The van der Waals surface area contributed by atoms with E-state index in [9.17, 15) is 9.59 Å². The molecule has 0 aliphatic carbocycles. The number of anilines is 1. The molecule has 33 heavy (non-hydrogen) atoms. The molecule has 1 atom stereocenters. The monoisotopic (exact) mass is 580 g/mol. The number of benzene rings is 2. The molecule has 2 aromatic carbocycles. The Bertz CT molecular complexity index is 989. The molecule has 4 rings (SSSR count). The number of para-hydroxylation sites is 2. The van der Waals surface area contributed by atoms with Crippen molar-refractivity contribution in [3.05, 3.63) is 59.1 Å². The van der Waals surface area contributed by atoms with Crippen molar-refractivity contribution in [3.8, 4) is 5.75 Å². The van der Waals surface area contributed by atoms with Crippen LogP contribution in [0, 0.1) is 0 Å². The zero-order valence-electron chi connectivity index (χ0n) is 18.9. The first-order chi connectivity index (χ1) is 15.9. The highest BCUT2D eigenvalue weighted by atomic mass is 127. The van der Waals surface area contributed by atoms with E-state index in [1.54, 1.807) is 0 Å². The van der Waals surface area contributed by atoms with Crippen molar-refractivity contribution in [1.82, 2.24) is 4.90 Å². The van der Waals surface area contributed by atoms with Gasteiger partial charge in [-0.3, -0.25) is 9.59 Å². The summed E-state index contributed by atoms with van der Waals surface area (Å²) in [7, 11) is 0. The van der Waals surface area contributed by atoms with Gasteiger partial charge in [0, 0.05) is 18.1 Å². The second-order valence-corrected chi connectivity index (χ2v) is 10.8. The minimum Gasteiger partial charge on any atom is -0.482 e. The van der Waals surface area contributed by atoms with Crippen LogP contribution in [-0.2, 0) is 15.0 Å². The average molecular weight is 581 g/mol. The van der Waals surface area contributed by atoms with Crippen molar-refractivity contribution in [2.24, 2.45) is 0 Å². The molecule has 0 spiro atoms. The molecule has 1 amide bonds. The van der Waals surface area contributed by atoms with Gasteiger partial charge >= 0.3 is 0 Å². The lowest BCUT2D eigenvalue weighted by Gasteiger charge is -2.43. The van der Waals surface area contributed by atoms with Crippen molar-refractivity contribution >= 4 is 51.6 Å². The Kier molecular flexibility index (Phi) is 7.97. The number of piperidine rings is 1. The molecule has 1 saturated heterocycles. The largest absolute Gasteiger partial charge is 0.482 e. The highest BCUT2D eigenvalue weighted by molar-refractivity contribution is 14.1. The summed E-state index contributed by atoms with van der Waals surface area (Å²) in [5.74, 6) is 1.08. The van der Waals surface area contributed by atoms with Crippen molar-refractivity contribution < 1.29 is 14.3 Å². The first kappa shape index (κ1) is 24.5. The van der Waals surface area contributed by atoms with E-state index in [1.165, 1.54) is 0 Å². The molecule has 0 bridgehead atoms. The van der Waals surface area contributed by atoms with Crippen LogP contribution in [0.1, 0.15) is 38.2 Å². The predicted molar refractivity (Wildman–Crippen MR) is 141 cm³/mol. The molecule has 2 heterocycles. The minimum atomic E-state index is -0.469. The third kappa shape index (κ3) is 5.23. The molecular weight excluding hydrogens is 551 g/mol. The first-order valence-corrected chi connectivity index (χ1v) is 13.3. The lowest BCUT2D eigenvalue weighted by molar-refractivity contribution is -0.125. The van der Waals surface area contributed by atoms with Gasteiger partial charge in [0.2, 0.25) is 0 Å². The summed E-state index contributed by atoms with van der Waals surface area (Å²) in [5.41, 5.74) is 1.44. The Hall–Kier alpha value is -1.64. The lowest BCUT2D eigenvalue weighted by Crippen LogP contribution is -2.51. The fourth-order valence-corrected chi connectivity index (χ4v) is 6.27. The molecule has 2 aliphatic rings. The van der Waals surface area contributed by atoms with Crippen LogP contribution >= 0.6 is 34.2 Å². The summed E-state index contributed by atoms with van der Waals surface area (Å²) in [6.07, 6.45) is 3.46. The molecule has 5 nitrogen and oxygen atoms in total. The number of likely N-dealkylation sites (tertiary alicyclic amines) is 1. The number of rotatable bonds is 8. The summed E-state index contributed by atoms with van der Waals surface area (Å²) in [4.78, 5) is 30.4. The van der Waals surface area contributed by atoms with Crippen LogP contribution in [0.4, 0.5) is 5.69 Å². The van der Waals surface area contributed by atoms with Crippen molar-refractivity contribution in [1.29, 1.82) is 0 Å². The van der Waals surface area contributed by atoms with Gasteiger partial charge in [-0.2, -0.15) is 0 Å². The molecule has 1 unspecified atom stereocenters. The van der Waals surface area contributed by atoms with Crippen LogP contribution in [0.3, 0.4) is 0 Å². The zero-order valence-corrected chi connectivity index (χ0v) is 21.8. The van der Waals surface area contributed by atoms with E-state index in [4.69, 9.17) is 16.3 Å². The molecule has 0 saturated carbocycles. The number of fused-ring (bicyclic) bond motifs is 1. The van der Waals surface area contributed by atoms with Crippen molar-refractivity contribution in [3.63, 3.8) is 0 Å². The maximum absolute atomic E-state index is 13.7. The van der Waals surface area contributed by atoms with Gasteiger partial charge in [-0.15, -0.1) is 0 Å². The smallest absolute Gasteiger partial charge is 0.265 e. The molecule has 7 heteroatoms. The number of carbonyl (C=O) groups excluding carboxylic acids is 2. The average Bonchev–Trinajstić information content (AvgIpc) is 2.84. The van der Waals surface area contributed by atoms with Gasteiger partial charge in [-0.25, -0.2) is 0 Å². The standard InChI is InChI=1S/C26H30ClIN2O3/c1-2-5-21(28)25(32)26(19-8-10-20(27)11-9-19)12-14-29(15-13-26)16-17-30-22-6-3-4-7-23(22)33-18-24(30)31/h3-4,6-11,21H,2,5,12-18H2,1H3. The Labute approximate surface area is 214 Å². The third-order valence-electron chi connectivity index (χ3n) is 6.85. The van der Waals surface area contributed by atoms with Crippen LogP contribution in [-0.4, -0.2) is 53.3 Å². The Balaban J connectivity index is 1.46. The van der Waals surface area contributed by atoms with Crippen molar-refractivity contribution in [2.45, 2.75) is 41.9 Å². The molecule has 0 N–H and O–H groups in total. The number of amides is 1. The molecule has 1 fully saturated rings. The van der Waals surface area contributed by atoms with Crippen LogP contribution in [0.15, 0.2) is 48.5 Å². The summed E-state index contributed by atoms with van der Waals surface area (Å²) in [6, 6.07) is 15.5. The topological polar surface area (TPSA) is 49.9 Å². The van der Waals surface area contributed by atoms with E-state index < -0.39 is 5.41 Å². The second-order valence-electron chi connectivity index (χ2n) is 8.85. The highest BCUT2D eigenvalue weighted by Gasteiger charge is 2.44. The number of alkyl halides is 1. The summed E-state index contributed by atoms with van der Waals surface area (Å²) in [6.45, 7) is 5.24. The van der Waals surface area contributed by atoms with Crippen LogP contribution < -0.4 is 9.64 Å². The van der Waals surface area contributed by atoms with Crippen molar-refractivity contribution in [2.75, 3.05) is 37.7 Å². The number of hydrogen-bond acceptors (Lipinski definition) is 4. The van der Waals surface area contributed by atoms with Gasteiger partial charge in [-0.05, 0) is 62.2 Å². The molecule has 2 aliphatic heterocycles. The van der Waals surface area contributed by atoms with Gasteiger partial charge in [0.05, 0.1) is 15.0 Å².